The molecule has 0 aliphatic carbocycles. The van der Waals surface area contributed by atoms with Crippen LogP contribution >= 0.6 is 0 Å². The highest BCUT2D eigenvalue weighted by Gasteiger charge is 2.40. The molecule has 0 aliphatic heterocycles. The summed E-state index contributed by atoms with van der Waals surface area (Å²) in [6, 6.07) is 10.3. The molecule has 0 radical (unpaired) electrons. The van der Waals surface area contributed by atoms with E-state index in [1.54, 1.807) is 0 Å². The van der Waals surface area contributed by atoms with Gasteiger partial charge in [0.05, 0.1) is 13.2 Å². The van der Waals surface area contributed by atoms with Gasteiger partial charge in [0, 0.05) is 6.42 Å². The summed E-state index contributed by atoms with van der Waals surface area (Å²) in [4.78, 5) is 0. The van der Waals surface area contributed by atoms with Crippen molar-refractivity contribution in [1.29, 1.82) is 0 Å². The van der Waals surface area contributed by atoms with Crippen LogP contribution in [0.5, 0.6) is 0 Å². The zero-order valence-corrected chi connectivity index (χ0v) is 20.0. The van der Waals surface area contributed by atoms with Gasteiger partial charge >= 0.3 is 0 Å². The molecule has 3 heteroatoms. The maximum Gasteiger partial charge on any atom is 0.198 e. The van der Waals surface area contributed by atoms with E-state index in [4.69, 9.17) is 9.47 Å². The topological polar surface area (TPSA) is 38.7 Å². The summed E-state index contributed by atoms with van der Waals surface area (Å²) in [5, 5.41) is 11.3. The third-order valence-corrected chi connectivity index (χ3v) is 5.82. The van der Waals surface area contributed by atoms with Crippen LogP contribution in [0.4, 0.5) is 0 Å². The Morgan fingerprint density at radius 3 is 1.77 bits per heavy atom. The lowest BCUT2D eigenvalue weighted by Crippen LogP contribution is -2.50. The van der Waals surface area contributed by atoms with Gasteiger partial charge in [0.1, 0.15) is 6.10 Å². The Morgan fingerprint density at radius 1 is 0.700 bits per heavy atom. The molecule has 0 aromatic heterocycles. The lowest BCUT2D eigenvalue weighted by Gasteiger charge is -2.38. The fourth-order valence-electron chi connectivity index (χ4n) is 3.87. The summed E-state index contributed by atoms with van der Waals surface area (Å²) < 4.78 is 12.8. The molecular formula is C27H48O3. The Labute approximate surface area is 186 Å². The van der Waals surface area contributed by atoms with E-state index in [1.165, 1.54) is 32.1 Å². The predicted octanol–water partition coefficient (Wildman–Crippen LogP) is 7.45. The molecule has 30 heavy (non-hydrogen) atoms. The van der Waals surface area contributed by atoms with Gasteiger partial charge in [-0.1, -0.05) is 115 Å². The minimum absolute atomic E-state index is 0.600. The molecule has 1 atom stereocenters. The molecule has 0 aliphatic rings. The zero-order chi connectivity index (χ0) is 21.9. The number of hydrogen-bond acceptors (Lipinski definition) is 3. The molecule has 1 rings (SSSR count). The zero-order valence-electron chi connectivity index (χ0n) is 20.0. The maximum atomic E-state index is 11.3. The standard InChI is InChI=1S/C27H48O3/c1-4-7-10-11-12-16-21-26(28)27(29-22-17-8-5-2,30-23-18-9-6-3)24-25-19-14-13-15-20-25/h13-15,19-20,26,28H,4-12,16-18,21-24H2,1-3H3. The highest BCUT2D eigenvalue weighted by atomic mass is 16.7. The van der Waals surface area contributed by atoms with Gasteiger partial charge in [-0.3, -0.25) is 0 Å². The molecular weight excluding hydrogens is 372 g/mol. The molecule has 0 saturated heterocycles. The Bertz CT molecular complexity index is 476. The van der Waals surface area contributed by atoms with Gasteiger partial charge < -0.3 is 14.6 Å². The second-order valence-corrected chi connectivity index (χ2v) is 8.66. The smallest absolute Gasteiger partial charge is 0.198 e. The van der Waals surface area contributed by atoms with Crippen LogP contribution in [-0.4, -0.2) is 30.2 Å². The van der Waals surface area contributed by atoms with E-state index in [2.05, 4.69) is 32.9 Å². The SMILES string of the molecule is CCCCCCCCC(O)C(Cc1ccccc1)(OCCCCC)OCCCCC. The average Bonchev–Trinajstić information content (AvgIpc) is 2.77. The summed E-state index contributed by atoms with van der Waals surface area (Å²) >= 11 is 0. The van der Waals surface area contributed by atoms with Gasteiger partial charge in [-0.05, 0) is 24.8 Å². The number of rotatable bonds is 20. The fraction of sp³-hybridized carbons (Fsp3) is 0.778. The number of unbranched alkanes of at least 4 members (excludes halogenated alkanes) is 9. The van der Waals surface area contributed by atoms with E-state index >= 15 is 0 Å². The fourth-order valence-corrected chi connectivity index (χ4v) is 3.87. The van der Waals surface area contributed by atoms with Gasteiger partial charge in [0.25, 0.3) is 0 Å². The highest BCUT2D eigenvalue weighted by molar-refractivity contribution is 5.17. The van der Waals surface area contributed by atoms with Crippen molar-refractivity contribution in [2.45, 2.75) is 123 Å². The van der Waals surface area contributed by atoms with E-state index in [0.29, 0.717) is 19.6 Å². The second kappa shape index (κ2) is 17.7. The Kier molecular flexibility index (Phi) is 16.1. The quantitative estimate of drug-likeness (QED) is 0.176. The largest absolute Gasteiger partial charge is 0.387 e. The highest BCUT2D eigenvalue weighted by Crippen LogP contribution is 2.29. The first-order chi connectivity index (χ1) is 14.7. The monoisotopic (exact) mass is 420 g/mol. The van der Waals surface area contributed by atoms with Gasteiger partial charge in [0.2, 0.25) is 0 Å². The van der Waals surface area contributed by atoms with Crippen molar-refractivity contribution >= 4 is 0 Å². The first-order valence-corrected chi connectivity index (χ1v) is 12.7. The molecule has 1 aromatic rings. The van der Waals surface area contributed by atoms with Crippen molar-refractivity contribution in [3.05, 3.63) is 35.9 Å². The minimum Gasteiger partial charge on any atom is -0.387 e. The van der Waals surface area contributed by atoms with Crippen LogP contribution in [0.15, 0.2) is 30.3 Å². The van der Waals surface area contributed by atoms with Crippen LogP contribution in [0.3, 0.4) is 0 Å². The summed E-state index contributed by atoms with van der Waals surface area (Å²) in [7, 11) is 0. The number of benzene rings is 1. The Morgan fingerprint density at radius 2 is 1.20 bits per heavy atom. The van der Waals surface area contributed by atoms with Crippen molar-refractivity contribution < 1.29 is 14.6 Å². The lowest BCUT2D eigenvalue weighted by atomic mass is 9.95. The van der Waals surface area contributed by atoms with Gasteiger partial charge in [0.15, 0.2) is 5.79 Å². The van der Waals surface area contributed by atoms with Gasteiger partial charge in [-0.15, -0.1) is 0 Å². The van der Waals surface area contributed by atoms with Gasteiger partial charge in [-0.25, -0.2) is 0 Å². The normalized spacial score (nSPS) is 12.9. The van der Waals surface area contributed by atoms with E-state index in [9.17, 15) is 5.11 Å². The molecule has 1 N–H and O–H groups in total. The number of aliphatic hydroxyl groups excluding tert-OH is 1. The Balaban J connectivity index is 2.82. The van der Waals surface area contributed by atoms with Crippen LogP contribution in [0.25, 0.3) is 0 Å². The molecule has 0 spiro atoms. The van der Waals surface area contributed by atoms with E-state index < -0.39 is 11.9 Å². The van der Waals surface area contributed by atoms with Crippen LogP contribution < -0.4 is 0 Å². The summed E-state index contributed by atoms with van der Waals surface area (Å²) in [5.41, 5.74) is 1.16. The van der Waals surface area contributed by atoms with Crippen LogP contribution in [-0.2, 0) is 15.9 Å². The number of aliphatic hydroxyl groups is 1. The van der Waals surface area contributed by atoms with E-state index in [1.807, 2.05) is 18.2 Å². The van der Waals surface area contributed by atoms with Crippen molar-refractivity contribution in [1.82, 2.24) is 0 Å². The molecule has 0 bridgehead atoms. The molecule has 0 heterocycles. The molecule has 1 aromatic carbocycles. The molecule has 0 fully saturated rings. The number of hydrogen-bond donors (Lipinski definition) is 1. The predicted molar refractivity (Wildman–Crippen MR) is 128 cm³/mol. The number of ether oxygens (including phenoxy) is 2. The van der Waals surface area contributed by atoms with Crippen molar-refractivity contribution in [2.75, 3.05) is 13.2 Å². The molecule has 174 valence electrons. The molecule has 1 unspecified atom stereocenters. The van der Waals surface area contributed by atoms with Crippen molar-refractivity contribution in [3.8, 4) is 0 Å². The van der Waals surface area contributed by atoms with Crippen LogP contribution in [0.2, 0.25) is 0 Å². The van der Waals surface area contributed by atoms with E-state index in [-0.39, 0.29) is 0 Å². The Hall–Kier alpha value is -0.900. The molecule has 0 amide bonds. The third-order valence-electron chi connectivity index (χ3n) is 5.82. The first kappa shape index (κ1) is 27.1. The van der Waals surface area contributed by atoms with Gasteiger partial charge in [-0.2, -0.15) is 0 Å². The summed E-state index contributed by atoms with van der Waals surface area (Å²) in [6.07, 6.45) is 14.7. The summed E-state index contributed by atoms with van der Waals surface area (Å²) in [6.45, 7) is 7.93. The minimum atomic E-state index is -0.938. The van der Waals surface area contributed by atoms with Crippen molar-refractivity contribution in [3.63, 3.8) is 0 Å². The lowest BCUT2D eigenvalue weighted by molar-refractivity contribution is -0.285. The van der Waals surface area contributed by atoms with E-state index in [0.717, 1.165) is 56.9 Å². The second-order valence-electron chi connectivity index (χ2n) is 8.66. The third kappa shape index (κ3) is 11.5. The maximum absolute atomic E-state index is 11.3. The van der Waals surface area contributed by atoms with Crippen LogP contribution in [0.1, 0.15) is 110 Å². The first-order valence-electron chi connectivity index (χ1n) is 12.7. The van der Waals surface area contributed by atoms with Crippen molar-refractivity contribution in [2.24, 2.45) is 0 Å². The molecule has 3 nitrogen and oxygen atoms in total. The van der Waals surface area contributed by atoms with Crippen LogP contribution in [0, 0.1) is 0 Å². The summed E-state index contributed by atoms with van der Waals surface area (Å²) in [5.74, 6) is -0.938. The molecule has 0 saturated carbocycles. The average molecular weight is 421 g/mol.